The third kappa shape index (κ3) is 4.51. The van der Waals surface area contributed by atoms with Crippen LogP contribution < -0.4 is 10.4 Å². The van der Waals surface area contributed by atoms with Crippen LogP contribution in [0.25, 0.3) is 21.9 Å². The summed E-state index contributed by atoms with van der Waals surface area (Å²) in [4.78, 5) is 11.5. The smallest absolute Gasteiger partial charge is 0.336 e. The van der Waals surface area contributed by atoms with Gasteiger partial charge in [0.25, 0.3) is 0 Å². The Morgan fingerprint density at radius 2 is 2.00 bits per heavy atom. The maximum atomic E-state index is 11.5. The minimum absolute atomic E-state index is 0. The first-order chi connectivity index (χ1) is 12.7. The molecule has 1 unspecified atom stereocenters. The molecule has 0 radical (unpaired) electrons. The van der Waals surface area contributed by atoms with Gasteiger partial charge in [0.2, 0.25) is 0 Å². The Balaban J connectivity index is 0.00000210. The average molecular weight is 422 g/mol. The van der Waals surface area contributed by atoms with Gasteiger partial charge in [-0.15, -0.1) is 10.2 Å². The van der Waals surface area contributed by atoms with Gasteiger partial charge in [0.1, 0.15) is 21.9 Å². The number of fused-ring (bicyclic) bond motifs is 2. The number of aryl methyl sites for hydroxylation is 1. The molecule has 0 spiro atoms. The molecule has 3 aromatic heterocycles. The summed E-state index contributed by atoms with van der Waals surface area (Å²) in [5.74, 6) is 1.67. The summed E-state index contributed by atoms with van der Waals surface area (Å²) >= 11 is 3.34. The maximum Gasteiger partial charge on any atom is 0.336 e. The molecule has 0 saturated carbocycles. The molecule has 0 aliphatic carbocycles. The summed E-state index contributed by atoms with van der Waals surface area (Å²) in [5.41, 5.74) is 0.722. The first kappa shape index (κ1) is 19.9. The van der Waals surface area contributed by atoms with E-state index in [4.69, 9.17) is 13.6 Å². The summed E-state index contributed by atoms with van der Waals surface area (Å²) in [6, 6.07) is 6.72. The Hall–Kier alpha value is -1.89. The van der Waals surface area contributed by atoms with Crippen molar-refractivity contribution in [1.29, 1.82) is 0 Å². The van der Waals surface area contributed by atoms with Crippen LogP contribution in [0.3, 0.4) is 0 Å². The molecule has 142 valence electrons. The van der Waals surface area contributed by atoms with Crippen molar-refractivity contribution in [2.75, 3.05) is 12.4 Å². The van der Waals surface area contributed by atoms with Crippen molar-refractivity contribution in [2.24, 2.45) is 0 Å². The van der Waals surface area contributed by atoms with Crippen molar-refractivity contribution in [1.82, 2.24) is 10.2 Å². The van der Waals surface area contributed by atoms with E-state index in [0.717, 1.165) is 38.7 Å². The molecule has 3 heterocycles. The van der Waals surface area contributed by atoms with E-state index in [0.29, 0.717) is 23.5 Å². The molecule has 1 aromatic carbocycles. The molecule has 4 rings (SSSR count). The highest BCUT2D eigenvalue weighted by molar-refractivity contribution is 8.01. The number of hydrogen-bond donors (Lipinski definition) is 0. The zero-order valence-electron chi connectivity index (χ0n) is 14.8. The lowest BCUT2D eigenvalue weighted by molar-refractivity contribution is 0.316. The van der Waals surface area contributed by atoms with Crippen LogP contribution in [0.5, 0.6) is 5.75 Å². The van der Waals surface area contributed by atoms with Crippen LogP contribution in [-0.2, 0) is 0 Å². The second-order valence-corrected chi connectivity index (χ2v) is 8.22. The van der Waals surface area contributed by atoms with E-state index in [-0.39, 0.29) is 9.90 Å². The first-order valence-electron chi connectivity index (χ1n) is 8.20. The zero-order chi connectivity index (χ0) is 17.9. The maximum absolute atomic E-state index is 11.5. The summed E-state index contributed by atoms with van der Waals surface area (Å²) in [5, 5.41) is 10.8. The van der Waals surface area contributed by atoms with Crippen molar-refractivity contribution >= 4 is 54.9 Å². The predicted molar refractivity (Wildman–Crippen MR) is 113 cm³/mol. The fourth-order valence-electron chi connectivity index (χ4n) is 2.64. The van der Waals surface area contributed by atoms with Gasteiger partial charge in [-0.25, -0.2) is 4.79 Å². The third-order valence-corrected chi connectivity index (χ3v) is 5.89. The SMILES string of the molecule is Cc1nnc(SCCCCOc2c3ccoc3cc3oc(=O)ccc23)s1.P. The number of nitrogens with zero attached hydrogens (tertiary/aromatic N) is 2. The Labute approximate surface area is 166 Å². The molecule has 27 heavy (non-hydrogen) atoms. The quantitative estimate of drug-likeness (QED) is 0.185. The van der Waals surface area contributed by atoms with E-state index < -0.39 is 5.63 Å². The number of furan rings is 1. The zero-order valence-corrected chi connectivity index (χ0v) is 17.8. The molecule has 4 aromatic rings. The fourth-order valence-corrected chi connectivity index (χ4v) is 4.53. The van der Waals surface area contributed by atoms with E-state index in [1.807, 2.05) is 13.0 Å². The van der Waals surface area contributed by atoms with Gasteiger partial charge >= 0.3 is 5.63 Å². The van der Waals surface area contributed by atoms with Crippen LogP contribution >= 0.6 is 33.0 Å². The second kappa shape index (κ2) is 8.87. The van der Waals surface area contributed by atoms with E-state index in [1.165, 1.54) is 6.07 Å². The van der Waals surface area contributed by atoms with E-state index in [2.05, 4.69) is 10.2 Å². The van der Waals surface area contributed by atoms with Crippen molar-refractivity contribution in [3.05, 3.63) is 46.0 Å². The largest absolute Gasteiger partial charge is 0.492 e. The Morgan fingerprint density at radius 1 is 1.15 bits per heavy atom. The van der Waals surface area contributed by atoms with Gasteiger partial charge < -0.3 is 13.6 Å². The summed E-state index contributed by atoms with van der Waals surface area (Å²) in [7, 11) is 0. The lowest BCUT2D eigenvalue weighted by Crippen LogP contribution is -2.01. The van der Waals surface area contributed by atoms with Crippen molar-refractivity contribution < 1.29 is 13.6 Å². The number of hydrogen-bond acceptors (Lipinski definition) is 8. The van der Waals surface area contributed by atoms with Crippen LogP contribution in [0, 0.1) is 6.92 Å². The van der Waals surface area contributed by atoms with Crippen molar-refractivity contribution in [3.8, 4) is 5.75 Å². The van der Waals surface area contributed by atoms with E-state index in [9.17, 15) is 4.79 Å². The van der Waals surface area contributed by atoms with Gasteiger partial charge in [0.15, 0.2) is 4.34 Å². The molecule has 0 saturated heterocycles. The molecule has 0 amide bonds. The average Bonchev–Trinajstić information content (AvgIpc) is 3.25. The Bertz CT molecular complexity index is 1110. The topological polar surface area (TPSA) is 78.4 Å². The third-order valence-electron chi connectivity index (χ3n) is 3.83. The number of thioether (sulfide) groups is 1. The molecule has 6 nitrogen and oxygen atoms in total. The van der Waals surface area contributed by atoms with Crippen molar-refractivity contribution in [3.63, 3.8) is 0 Å². The van der Waals surface area contributed by atoms with Crippen molar-refractivity contribution in [2.45, 2.75) is 24.1 Å². The summed E-state index contributed by atoms with van der Waals surface area (Å²) < 4.78 is 17.7. The van der Waals surface area contributed by atoms with E-state index in [1.54, 1.807) is 41.5 Å². The van der Waals surface area contributed by atoms with Crippen LogP contribution in [-0.4, -0.2) is 22.6 Å². The number of unbranched alkanes of at least 4 members (excludes halogenated alkanes) is 1. The minimum atomic E-state index is -0.390. The van der Waals surface area contributed by atoms with Crippen LogP contribution in [0.1, 0.15) is 17.8 Å². The number of ether oxygens (including phenoxy) is 1. The standard InChI is InChI=1S/C18H16N2O4S2.H3P/c1-11-19-20-18(26-11)25-9-3-2-7-23-17-12-4-5-16(21)24-15(12)10-14-13(17)6-8-22-14;/h4-6,8,10H,2-3,7,9H2,1H3;1H3. The van der Waals surface area contributed by atoms with Crippen LogP contribution in [0.15, 0.2) is 48.5 Å². The number of aromatic nitrogens is 2. The molecule has 1 atom stereocenters. The Morgan fingerprint density at radius 3 is 2.81 bits per heavy atom. The molecule has 0 fully saturated rings. The highest BCUT2D eigenvalue weighted by Crippen LogP contribution is 2.35. The van der Waals surface area contributed by atoms with Gasteiger partial charge in [0.05, 0.1) is 23.6 Å². The summed E-state index contributed by atoms with van der Waals surface area (Å²) in [6.07, 6.45) is 3.53. The lowest BCUT2D eigenvalue weighted by Gasteiger charge is -2.09. The molecular weight excluding hydrogens is 403 g/mol. The summed E-state index contributed by atoms with van der Waals surface area (Å²) in [6.45, 7) is 2.53. The highest BCUT2D eigenvalue weighted by Gasteiger charge is 2.13. The van der Waals surface area contributed by atoms with Gasteiger partial charge in [-0.05, 0) is 31.9 Å². The molecule has 0 aliphatic heterocycles. The predicted octanol–water partition coefficient (Wildman–Crippen LogP) is 4.71. The highest BCUT2D eigenvalue weighted by atomic mass is 32.2. The van der Waals surface area contributed by atoms with Gasteiger partial charge in [-0.2, -0.15) is 9.90 Å². The fraction of sp³-hybridized carbons (Fsp3) is 0.278. The second-order valence-electron chi connectivity index (χ2n) is 5.70. The first-order valence-corrected chi connectivity index (χ1v) is 10.0. The van der Waals surface area contributed by atoms with Crippen LogP contribution in [0.4, 0.5) is 0 Å². The lowest BCUT2D eigenvalue weighted by atomic mass is 10.1. The van der Waals surface area contributed by atoms with E-state index >= 15 is 0 Å². The minimum Gasteiger partial charge on any atom is -0.492 e. The molecular formula is C18H19N2O4PS2. The number of benzene rings is 1. The van der Waals surface area contributed by atoms with Gasteiger partial charge in [-0.1, -0.05) is 23.1 Å². The molecule has 0 bridgehead atoms. The monoisotopic (exact) mass is 422 g/mol. The molecule has 9 heteroatoms. The van der Waals surface area contributed by atoms with Gasteiger partial charge in [-0.3, -0.25) is 0 Å². The number of rotatable bonds is 7. The molecule has 0 N–H and O–H groups in total. The molecule has 0 aliphatic rings. The Kier molecular flexibility index (Phi) is 6.52. The van der Waals surface area contributed by atoms with Gasteiger partial charge in [0, 0.05) is 17.9 Å². The normalized spacial score (nSPS) is 11.0. The van der Waals surface area contributed by atoms with Crippen LogP contribution in [0.2, 0.25) is 0 Å².